The second kappa shape index (κ2) is 11.1. The molecule has 6 heterocycles. The van der Waals surface area contributed by atoms with Crippen LogP contribution in [0.3, 0.4) is 0 Å². The number of aromatic nitrogens is 5. The summed E-state index contributed by atoms with van der Waals surface area (Å²) >= 11 is 0. The Bertz CT molecular complexity index is 1800. The number of rotatable bonds is 10. The number of imidazole rings is 1. The summed E-state index contributed by atoms with van der Waals surface area (Å²) in [7, 11) is 1.91. The Morgan fingerprint density at radius 1 is 1.25 bits per heavy atom. The van der Waals surface area contributed by atoms with Gasteiger partial charge in [0.1, 0.15) is 17.7 Å². The number of halogens is 1. The number of nitrogens with zero attached hydrogens (tertiary/aromatic N) is 6. The summed E-state index contributed by atoms with van der Waals surface area (Å²) in [5, 5.41) is 14.9. The molecule has 230 valence electrons. The SMILES string of the molecule is Cn1c(-c2cc3ccnc(OC[C@@H]4CNC(=O)C4)c3n2CC2CC2)nc2cc3c(nc21)CCN(CC(CF)NC(=O)O)C3=O. The van der Waals surface area contributed by atoms with Crippen LogP contribution in [-0.2, 0) is 24.8 Å². The molecule has 1 saturated carbocycles. The summed E-state index contributed by atoms with van der Waals surface area (Å²) in [5.74, 6) is 1.56. The van der Waals surface area contributed by atoms with Crippen molar-refractivity contribution in [3.05, 3.63) is 35.7 Å². The zero-order valence-electron chi connectivity index (χ0n) is 24.3. The van der Waals surface area contributed by atoms with Gasteiger partial charge in [-0.1, -0.05) is 0 Å². The predicted octanol–water partition coefficient (Wildman–Crippen LogP) is 2.51. The fourth-order valence-electron chi connectivity index (χ4n) is 6.21. The number of aryl methyl sites for hydroxylation is 1. The highest BCUT2D eigenvalue weighted by atomic mass is 19.1. The minimum atomic E-state index is -1.34. The average Bonchev–Trinajstić information content (AvgIpc) is 3.48. The van der Waals surface area contributed by atoms with Crippen LogP contribution in [0.2, 0.25) is 0 Å². The number of carboxylic acid groups (broad SMARTS) is 1. The van der Waals surface area contributed by atoms with E-state index in [4.69, 9.17) is 19.8 Å². The molecule has 1 aliphatic carbocycles. The van der Waals surface area contributed by atoms with Gasteiger partial charge < -0.3 is 34.5 Å². The standard InChI is InChI=1S/C30H33FN8O5/c1-37-26-22(10-20-21(35-26)5-7-38(29(20)41)14-19(11-31)34-30(42)43)36-27(37)23-9-18-4-6-32-28(25(18)39(23)13-16-2-3-16)44-15-17-8-24(40)33-12-17/h4,6,9-10,16-17,19,34H,2-3,5,7-8,11-15H2,1H3,(H,33,40)(H,42,43)/t17-,19?/m0/s1. The average molecular weight is 605 g/mol. The van der Waals surface area contributed by atoms with Crippen molar-refractivity contribution in [2.24, 2.45) is 18.9 Å². The lowest BCUT2D eigenvalue weighted by molar-refractivity contribution is -0.119. The van der Waals surface area contributed by atoms with Crippen molar-refractivity contribution < 1.29 is 28.6 Å². The minimum absolute atomic E-state index is 0.0369. The minimum Gasteiger partial charge on any atom is -0.476 e. The highest BCUT2D eigenvalue weighted by Crippen LogP contribution is 2.38. The van der Waals surface area contributed by atoms with Crippen LogP contribution in [-0.4, -0.2) is 91.0 Å². The summed E-state index contributed by atoms with van der Waals surface area (Å²) in [6.07, 6.45) is 3.58. The molecular formula is C30H33FN8O5. The van der Waals surface area contributed by atoms with E-state index < -0.39 is 18.8 Å². The number of hydrogen-bond donors (Lipinski definition) is 3. The van der Waals surface area contributed by atoms with Gasteiger partial charge in [0.25, 0.3) is 5.91 Å². The number of nitrogens with one attached hydrogen (secondary N) is 2. The Morgan fingerprint density at radius 3 is 2.82 bits per heavy atom. The molecule has 4 aromatic rings. The number of carbonyl (C=O) groups is 3. The zero-order valence-corrected chi connectivity index (χ0v) is 24.3. The van der Waals surface area contributed by atoms with Crippen LogP contribution in [0, 0.1) is 11.8 Å². The van der Waals surface area contributed by atoms with Crippen LogP contribution in [0.4, 0.5) is 9.18 Å². The van der Waals surface area contributed by atoms with E-state index in [2.05, 4.69) is 26.3 Å². The lowest BCUT2D eigenvalue weighted by Crippen LogP contribution is -2.48. The number of carbonyl (C=O) groups excluding carboxylic acids is 2. The zero-order chi connectivity index (χ0) is 30.5. The van der Waals surface area contributed by atoms with Gasteiger partial charge in [0.05, 0.1) is 29.6 Å². The summed E-state index contributed by atoms with van der Waals surface area (Å²) in [4.78, 5) is 51.9. The van der Waals surface area contributed by atoms with E-state index in [1.165, 1.54) is 4.90 Å². The van der Waals surface area contributed by atoms with Crippen molar-refractivity contribution in [2.75, 3.05) is 32.9 Å². The topological polar surface area (TPSA) is 156 Å². The van der Waals surface area contributed by atoms with Crippen molar-refractivity contribution in [3.63, 3.8) is 0 Å². The molecule has 2 atom stereocenters. The molecule has 0 aromatic carbocycles. The highest BCUT2D eigenvalue weighted by molar-refractivity contribution is 5.99. The second-order valence-corrected chi connectivity index (χ2v) is 11.9. The van der Waals surface area contributed by atoms with Crippen LogP contribution in [0.1, 0.15) is 35.3 Å². The van der Waals surface area contributed by atoms with E-state index in [-0.39, 0.29) is 24.3 Å². The molecule has 3 aliphatic rings. The molecule has 7 rings (SSSR count). The Morgan fingerprint density at radius 2 is 2.09 bits per heavy atom. The molecule has 1 unspecified atom stereocenters. The van der Waals surface area contributed by atoms with E-state index in [9.17, 15) is 18.8 Å². The largest absolute Gasteiger partial charge is 0.476 e. The highest BCUT2D eigenvalue weighted by Gasteiger charge is 2.31. The fraction of sp³-hybridized carbons (Fsp3) is 0.467. The maximum atomic E-state index is 13.4. The molecule has 14 heteroatoms. The summed E-state index contributed by atoms with van der Waals surface area (Å²) in [6, 6.07) is 4.75. The first-order valence-corrected chi connectivity index (χ1v) is 14.9. The molecule has 13 nitrogen and oxygen atoms in total. The van der Waals surface area contributed by atoms with E-state index in [1.807, 2.05) is 17.7 Å². The van der Waals surface area contributed by atoms with Crippen LogP contribution >= 0.6 is 0 Å². The predicted molar refractivity (Wildman–Crippen MR) is 157 cm³/mol. The van der Waals surface area contributed by atoms with Gasteiger partial charge in [-0.3, -0.25) is 9.59 Å². The first-order valence-electron chi connectivity index (χ1n) is 14.9. The lowest BCUT2D eigenvalue weighted by atomic mass is 10.0. The number of hydrogen-bond acceptors (Lipinski definition) is 7. The van der Waals surface area contributed by atoms with Gasteiger partial charge in [-0.2, -0.15) is 0 Å². The van der Waals surface area contributed by atoms with E-state index >= 15 is 0 Å². The Hall–Kier alpha value is -4.75. The number of fused-ring (bicyclic) bond motifs is 3. The molecule has 3 amide bonds. The number of alkyl halides is 1. The number of pyridine rings is 2. The quantitative estimate of drug-likeness (QED) is 0.249. The maximum absolute atomic E-state index is 13.4. The van der Waals surface area contributed by atoms with Crippen LogP contribution in [0.5, 0.6) is 5.88 Å². The number of ether oxygens (including phenoxy) is 1. The van der Waals surface area contributed by atoms with Gasteiger partial charge >= 0.3 is 6.09 Å². The van der Waals surface area contributed by atoms with E-state index in [1.54, 1.807) is 12.3 Å². The van der Waals surface area contributed by atoms with Gasteiger partial charge in [-0.25, -0.2) is 24.1 Å². The molecule has 2 aliphatic heterocycles. The van der Waals surface area contributed by atoms with Gasteiger partial charge in [0.15, 0.2) is 11.5 Å². The monoisotopic (exact) mass is 604 g/mol. The van der Waals surface area contributed by atoms with E-state index in [0.717, 1.165) is 36.0 Å². The van der Waals surface area contributed by atoms with Gasteiger partial charge in [-0.15, -0.1) is 0 Å². The summed E-state index contributed by atoms with van der Waals surface area (Å²) < 4.78 is 23.8. The molecule has 1 saturated heterocycles. The molecule has 0 spiro atoms. The van der Waals surface area contributed by atoms with E-state index in [0.29, 0.717) is 72.6 Å². The van der Waals surface area contributed by atoms with Crippen molar-refractivity contribution in [1.29, 1.82) is 0 Å². The Kier molecular flexibility index (Phi) is 7.05. The third-order valence-corrected chi connectivity index (χ3v) is 8.67. The summed E-state index contributed by atoms with van der Waals surface area (Å²) in [6.45, 7) is 1.09. The Labute approximate surface area is 251 Å². The van der Waals surface area contributed by atoms with Gasteiger partial charge in [0.2, 0.25) is 11.8 Å². The lowest BCUT2D eigenvalue weighted by Gasteiger charge is -2.30. The van der Waals surface area contributed by atoms with Crippen molar-refractivity contribution in [1.82, 2.24) is 39.6 Å². The third kappa shape index (κ3) is 5.18. The maximum Gasteiger partial charge on any atom is 0.405 e. The normalized spacial score (nSPS) is 19.0. The van der Waals surface area contributed by atoms with Crippen LogP contribution in [0.15, 0.2) is 24.4 Å². The molecule has 0 radical (unpaired) electrons. The fourth-order valence-corrected chi connectivity index (χ4v) is 6.21. The molecule has 3 N–H and O–H groups in total. The first kappa shape index (κ1) is 28.0. The van der Waals surface area contributed by atoms with Crippen molar-refractivity contribution >= 4 is 40.0 Å². The molecular weight excluding hydrogens is 571 g/mol. The van der Waals surface area contributed by atoms with Gasteiger partial charge in [0, 0.05) is 63.6 Å². The smallest absolute Gasteiger partial charge is 0.405 e. The Balaban J connectivity index is 1.24. The number of amides is 3. The molecule has 44 heavy (non-hydrogen) atoms. The van der Waals surface area contributed by atoms with Crippen molar-refractivity contribution in [3.8, 4) is 17.4 Å². The molecule has 0 bridgehead atoms. The van der Waals surface area contributed by atoms with Gasteiger partial charge in [-0.05, 0) is 37.0 Å². The first-order chi connectivity index (χ1) is 21.3. The van der Waals surface area contributed by atoms with Crippen molar-refractivity contribution in [2.45, 2.75) is 38.3 Å². The summed E-state index contributed by atoms with van der Waals surface area (Å²) in [5.41, 5.74) is 3.99. The second-order valence-electron chi connectivity index (χ2n) is 11.9. The van der Waals surface area contributed by atoms with Crippen LogP contribution in [0.25, 0.3) is 33.6 Å². The molecule has 4 aromatic heterocycles. The third-order valence-electron chi connectivity index (χ3n) is 8.67. The van der Waals surface area contributed by atoms with Crippen LogP contribution < -0.4 is 15.4 Å². The molecule has 2 fully saturated rings.